The average Bonchev–Trinajstić information content (AvgIpc) is 2.56. The molecule has 0 atom stereocenters. The summed E-state index contributed by atoms with van der Waals surface area (Å²) < 4.78 is 0. The topological polar surface area (TPSA) is 0 Å². The van der Waals surface area contributed by atoms with Crippen LogP contribution in [0, 0.1) is 6.92 Å². The molecule has 0 unspecified atom stereocenters. The zero-order valence-electron chi connectivity index (χ0n) is 7.96. The van der Waals surface area contributed by atoms with E-state index in [-0.39, 0.29) is 0 Å². The molecule has 1 aromatic carbocycles. The molecule has 0 aliphatic heterocycles. The Kier molecular flexibility index (Phi) is 2.90. The van der Waals surface area contributed by atoms with Gasteiger partial charge in [0.1, 0.15) is 0 Å². The van der Waals surface area contributed by atoms with Crippen LogP contribution in [0.15, 0.2) is 35.7 Å². The van der Waals surface area contributed by atoms with E-state index in [0.29, 0.717) is 0 Å². The van der Waals surface area contributed by atoms with Gasteiger partial charge >= 0.3 is 0 Å². The van der Waals surface area contributed by atoms with Crippen molar-refractivity contribution < 1.29 is 0 Å². The molecule has 0 bridgehead atoms. The normalized spacial score (nSPS) is 10.4. The monoisotopic (exact) mass is 222 g/mol. The van der Waals surface area contributed by atoms with Gasteiger partial charge in [-0.25, -0.2) is 0 Å². The highest BCUT2D eigenvalue weighted by Crippen LogP contribution is 2.19. The fourth-order valence-corrected chi connectivity index (χ4v) is 2.27. The molecule has 0 fully saturated rings. The van der Waals surface area contributed by atoms with Crippen molar-refractivity contribution in [3.05, 3.63) is 56.7 Å². The van der Waals surface area contributed by atoms with Crippen molar-refractivity contribution in [2.75, 3.05) is 0 Å². The van der Waals surface area contributed by atoms with E-state index in [1.165, 1.54) is 16.0 Å². The molecule has 0 radical (unpaired) electrons. The molecule has 2 rings (SSSR count). The summed E-state index contributed by atoms with van der Waals surface area (Å²) in [6, 6.07) is 10.2. The van der Waals surface area contributed by atoms with Crippen molar-refractivity contribution in [3.63, 3.8) is 0 Å². The van der Waals surface area contributed by atoms with E-state index >= 15 is 0 Å². The fraction of sp³-hybridized carbons (Fsp3) is 0.167. The molecular weight excluding hydrogens is 212 g/mol. The predicted octanol–water partition coefficient (Wildman–Crippen LogP) is 4.30. The van der Waals surface area contributed by atoms with Crippen LogP contribution < -0.4 is 0 Å². The van der Waals surface area contributed by atoms with E-state index in [0.717, 1.165) is 11.4 Å². The highest BCUT2D eigenvalue weighted by Gasteiger charge is 2.00. The van der Waals surface area contributed by atoms with Crippen LogP contribution in [0.25, 0.3) is 0 Å². The number of hydrogen-bond acceptors (Lipinski definition) is 1. The molecule has 2 aromatic rings. The summed E-state index contributed by atoms with van der Waals surface area (Å²) in [7, 11) is 0. The van der Waals surface area contributed by atoms with Crippen molar-refractivity contribution in [3.8, 4) is 0 Å². The summed E-state index contributed by atoms with van der Waals surface area (Å²) in [5.74, 6) is 0. The van der Waals surface area contributed by atoms with Crippen molar-refractivity contribution in [1.82, 2.24) is 0 Å². The standard InChI is InChI=1S/C12H11ClS/c1-9-11(6-7-14-9)8-10-2-4-12(13)5-3-10/h2-7H,8H2,1H3. The molecule has 0 aliphatic carbocycles. The Morgan fingerprint density at radius 1 is 1.14 bits per heavy atom. The van der Waals surface area contributed by atoms with Crippen molar-refractivity contribution in [2.45, 2.75) is 13.3 Å². The van der Waals surface area contributed by atoms with Gasteiger partial charge in [0.2, 0.25) is 0 Å². The van der Waals surface area contributed by atoms with Crippen molar-refractivity contribution >= 4 is 22.9 Å². The summed E-state index contributed by atoms with van der Waals surface area (Å²) in [6.45, 7) is 2.16. The third-order valence-electron chi connectivity index (χ3n) is 2.27. The van der Waals surface area contributed by atoms with Crippen LogP contribution in [-0.4, -0.2) is 0 Å². The van der Waals surface area contributed by atoms with Crippen LogP contribution >= 0.6 is 22.9 Å². The SMILES string of the molecule is Cc1sccc1Cc1ccc(Cl)cc1. The lowest BCUT2D eigenvalue weighted by Gasteiger charge is -2.00. The van der Waals surface area contributed by atoms with Crippen molar-refractivity contribution in [1.29, 1.82) is 0 Å². The van der Waals surface area contributed by atoms with E-state index in [1.807, 2.05) is 12.1 Å². The summed E-state index contributed by atoms with van der Waals surface area (Å²) >= 11 is 7.63. The second-order valence-electron chi connectivity index (χ2n) is 3.31. The van der Waals surface area contributed by atoms with Crippen LogP contribution in [0.2, 0.25) is 5.02 Å². The van der Waals surface area contributed by atoms with Gasteiger partial charge in [0.15, 0.2) is 0 Å². The molecule has 0 N–H and O–H groups in total. The van der Waals surface area contributed by atoms with E-state index in [4.69, 9.17) is 11.6 Å². The minimum Gasteiger partial charge on any atom is -0.149 e. The summed E-state index contributed by atoms with van der Waals surface area (Å²) in [4.78, 5) is 1.40. The number of aryl methyl sites for hydroxylation is 1. The molecule has 0 spiro atoms. The summed E-state index contributed by atoms with van der Waals surface area (Å²) in [6.07, 6.45) is 1.01. The number of rotatable bonds is 2. The first kappa shape index (κ1) is 9.75. The molecule has 1 aromatic heterocycles. The highest BCUT2D eigenvalue weighted by atomic mass is 35.5. The van der Waals surface area contributed by atoms with Gasteiger partial charge in [-0.2, -0.15) is 0 Å². The van der Waals surface area contributed by atoms with E-state index in [2.05, 4.69) is 30.5 Å². The van der Waals surface area contributed by atoms with Crippen LogP contribution in [-0.2, 0) is 6.42 Å². The number of thiophene rings is 1. The second-order valence-corrected chi connectivity index (χ2v) is 4.86. The Balaban J connectivity index is 2.19. The van der Waals surface area contributed by atoms with E-state index < -0.39 is 0 Å². The minimum atomic E-state index is 0.802. The predicted molar refractivity (Wildman–Crippen MR) is 63.3 cm³/mol. The van der Waals surface area contributed by atoms with Crippen molar-refractivity contribution in [2.24, 2.45) is 0 Å². The van der Waals surface area contributed by atoms with Gasteiger partial charge in [0, 0.05) is 9.90 Å². The second kappa shape index (κ2) is 4.16. The first-order valence-electron chi connectivity index (χ1n) is 4.53. The molecule has 1 heterocycles. The van der Waals surface area contributed by atoms with Crippen LogP contribution in [0.1, 0.15) is 16.0 Å². The van der Waals surface area contributed by atoms with Gasteiger partial charge in [0.05, 0.1) is 0 Å². The molecule has 2 heteroatoms. The Morgan fingerprint density at radius 3 is 2.43 bits per heavy atom. The van der Waals surface area contributed by atoms with Crippen LogP contribution in [0.4, 0.5) is 0 Å². The average molecular weight is 223 g/mol. The maximum atomic E-state index is 5.83. The third kappa shape index (κ3) is 2.17. The Hall–Kier alpha value is -0.790. The Morgan fingerprint density at radius 2 is 1.86 bits per heavy atom. The lowest BCUT2D eigenvalue weighted by Crippen LogP contribution is -1.86. The smallest absolute Gasteiger partial charge is 0.0406 e. The van der Waals surface area contributed by atoms with Gasteiger partial charge in [-0.3, -0.25) is 0 Å². The molecule has 0 saturated heterocycles. The first-order valence-corrected chi connectivity index (χ1v) is 5.79. The number of halogens is 1. The summed E-state index contributed by atoms with van der Waals surface area (Å²) in [5.41, 5.74) is 2.73. The Bertz CT molecular complexity index is 414. The quantitative estimate of drug-likeness (QED) is 0.711. The lowest BCUT2D eigenvalue weighted by atomic mass is 10.1. The summed E-state index contributed by atoms with van der Waals surface area (Å²) in [5, 5.41) is 2.94. The molecule has 0 nitrogen and oxygen atoms in total. The third-order valence-corrected chi connectivity index (χ3v) is 3.41. The maximum absolute atomic E-state index is 5.83. The van der Waals surface area contributed by atoms with Gasteiger partial charge in [0.25, 0.3) is 0 Å². The molecule has 0 aliphatic rings. The van der Waals surface area contributed by atoms with E-state index in [9.17, 15) is 0 Å². The van der Waals surface area contributed by atoms with Gasteiger partial charge in [-0.15, -0.1) is 11.3 Å². The van der Waals surface area contributed by atoms with Crippen LogP contribution in [0.5, 0.6) is 0 Å². The largest absolute Gasteiger partial charge is 0.149 e. The number of benzene rings is 1. The molecule has 0 saturated carbocycles. The van der Waals surface area contributed by atoms with Crippen LogP contribution in [0.3, 0.4) is 0 Å². The zero-order valence-corrected chi connectivity index (χ0v) is 9.53. The first-order chi connectivity index (χ1) is 6.75. The molecule has 72 valence electrons. The Labute approximate surface area is 93.2 Å². The van der Waals surface area contributed by atoms with Gasteiger partial charge in [-0.1, -0.05) is 23.7 Å². The van der Waals surface area contributed by atoms with Gasteiger partial charge < -0.3 is 0 Å². The molecular formula is C12H11ClS. The molecule has 0 amide bonds. The highest BCUT2D eigenvalue weighted by molar-refractivity contribution is 7.10. The zero-order chi connectivity index (χ0) is 9.97. The molecule has 14 heavy (non-hydrogen) atoms. The minimum absolute atomic E-state index is 0.802. The fourth-order valence-electron chi connectivity index (χ4n) is 1.42. The maximum Gasteiger partial charge on any atom is 0.0406 e. The lowest BCUT2D eigenvalue weighted by molar-refractivity contribution is 1.19. The van der Waals surface area contributed by atoms with E-state index in [1.54, 1.807) is 11.3 Å². The number of hydrogen-bond donors (Lipinski definition) is 0. The van der Waals surface area contributed by atoms with Gasteiger partial charge in [-0.05, 0) is 48.1 Å².